The van der Waals surface area contributed by atoms with Gasteiger partial charge in [0.2, 0.25) is 0 Å². The van der Waals surface area contributed by atoms with Gasteiger partial charge in [0.1, 0.15) is 6.10 Å². The fourth-order valence-electron chi connectivity index (χ4n) is 2.31. The van der Waals surface area contributed by atoms with Crippen molar-refractivity contribution in [3.63, 3.8) is 0 Å². The Kier molecular flexibility index (Phi) is 5.11. The molecule has 0 aliphatic rings. The van der Waals surface area contributed by atoms with Crippen molar-refractivity contribution in [1.29, 1.82) is 0 Å². The predicted molar refractivity (Wildman–Crippen MR) is 99.5 cm³/mol. The molecule has 1 atom stereocenters. The van der Waals surface area contributed by atoms with E-state index >= 15 is 0 Å². The number of aliphatic hydroxyl groups is 1. The summed E-state index contributed by atoms with van der Waals surface area (Å²) >= 11 is 6.00. The third-order valence-corrected chi connectivity index (χ3v) is 4.98. The van der Waals surface area contributed by atoms with Crippen LogP contribution in [0, 0.1) is 6.92 Å². The molecule has 0 aromatic heterocycles. The third kappa shape index (κ3) is 4.20. The highest BCUT2D eigenvalue weighted by Gasteiger charge is 2.10. The van der Waals surface area contributed by atoms with Gasteiger partial charge in [0.15, 0.2) is 0 Å². The second-order valence-corrected chi connectivity index (χ2v) is 7.14. The Morgan fingerprint density at radius 3 is 1.70 bits per heavy atom. The highest BCUT2D eigenvalue weighted by Crippen LogP contribution is 2.30. The zero-order valence-electron chi connectivity index (χ0n) is 12.8. The summed E-state index contributed by atoms with van der Waals surface area (Å²) in [5.41, 5.74) is 3.02. The molecular weight excluding hydrogens is 320 g/mol. The second kappa shape index (κ2) is 7.26. The SMILES string of the molecule is Cc1ccc(C(O)c2ccc(Sc3ccc(S)cc3)cc2)cc1. The van der Waals surface area contributed by atoms with E-state index in [0.29, 0.717) is 0 Å². The molecule has 3 rings (SSSR count). The molecule has 0 aliphatic carbocycles. The van der Waals surface area contributed by atoms with Crippen molar-refractivity contribution in [2.24, 2.45) is 0 Å². The van der Waals surface area contributed by atoms with Crippen LogP contribution in [0.2, 0.25) is 0 Å². The fraction of sp³-hybridized carbons (Fsp3) is 0.100. The molecule has 0 spiro atoms. The normalized spacial score (nSPS) is 12.1. The van der Waals surface area contributed by atoms with Gasteiger partial charge in [-0.1, -0.05) is 53.7 Å². The standard InChI is InChI=1S/C20H18OS2/c1-14-2-4-15(5-3-14)20(21)16-6-10-18(11-7-16)23-19-12-8-17(22)9-13-19/h2-13,20-22H,1H3. The molecule has 1 N–H and O–H groups in total. The lowest BCUT2D eigenvalue weighted by Crippen LogP contribution is -1.99. The maximum Gasteiger partial charge on any atom is 0.104 e. The van der Waals surface area contributed by atoms with E-state index < -0.39 is 6.10 Å². The molecule has 0 saturated carbocycles. The summed E-state index contributed by atoms with van der Waals surface area (Å²) in [6, 6.07) is 24.1. The minimum Gasteiger partial charge on any atom is -0.384 e. The summed E-state index contributed by atoms with van der Waals surface area (Å²) in [6.07, 6.45) is -0.585. The maximum atomic E-state index is 10.5. The van der Waals surface area contributed by atoms with Crippen LogP contribution >= 0.6 is 24.4 Å². The van der Waals surface area contributed by atoms with E-state index in [0.717, 1.165) is 20.9 Å². The summed E-state index contributed by atoms with van der Waals surface area (Å²) in [6.45, 7) is 2.04. The molecule has 116 valence electrons. The van der Waals surface area contributed by atoms with Crippen LogP contribution in [0.3, 0.4) is 0 Å². The lowest BCUT2D eigenvalue weighted by Gasteiger charge is -2.12. The van der Waals surface area contributed by atoms with Crippen molar-refractivity contribution in [2.75, 3.05) is 0 Å². The van der Waals surface area contributed by atoms with Gasteiger partial charge in [-0.15, -0.1) is 12.6 Å². The van der Waals surface area contributed by atoms with E-state index in [4.69, 9.17) is 0 Å². The first-order chi connectivity index (χ1) is 11.1. The van der Waals surface area contributed by atoms with Gasteiger partial charge in [-0.05, 0) is 54.4 Å². The van der Waals surface area contributed by atoms with Crippen LogP contribution in [0.4, 0.5) is 0 Å². The summed E-state index contributed by atoms with van der Waals surface area (Å²) < 4.78 is 0. The van der Waals surface area contributed by atoms with Crippen molar-refractivity contribution < 1.29 is 5.11 Å². The summed E-state index contributed by atoms with van der Waals surface area (Å²) in [5, 5.41) is 10.5. The Morgan fingerprint density at radius 1 is 0.739 bits per heavy atom. The van der Waals surface area contributed by atoms with E-state index in [1.54, 1.807) is 11.8 Å². The second-order valence-electron chi connectivity index (χ2n) is 5.48. The molecule has 0 heterocycles. The van der Waals surface area contributed by atoms with Gasteiger partial charge >= 0.3 is 0 Å². The number of aliphatic hydroxyl groups excluding tert-OH is 1. The van der Waals surface area contributed by atoms with Crippen molar-refractivity contribution in [3.05, 3.63) is 89.5 Å². The van der Waals surface area contributed by atoms with Gasteiger partial charge < -0.3 is 5.11 Å². The number of thiol groups is 1. The molecule has 0 radical (unpaired) electrons. The summed E-state index contributed by atoms with van der Waals surface area (Å²) in [5.74, 6) is 0. The quantitative estimate of drug-likeness (QED) is 0.611. The highest BCUT2D eigenvalue weighted by molar-refractivity contribution is 7.99. The monoisotopic (exact) mass is 338 g/mol. The molecule has 3 aromatic rings. The van der Waals surface area contributed by atoms with Crippen molar-refractivity contribution in [1.82, 2.24) is 0 Å². The topological polar surface area (TPSA) is 20.2 Å². The van der Waals surface area contributed by atoms with Crippen molar-refractivity contribution >= 4 is 24.4 Å². The van der Waals surface area contributed by atoms with E-state index in [1.165, 1.54) is 10.5 Å². The smallest absolute Gasteiger partial charge is 0.104 e. The molecule has 3 aromatic carbocycles. The zero-order chi connectivity index (χ0) is 16.2. The first-order valence-corrected chi connectivity index (χ1v) is 8.70. The van der Waals surface area contributed by atoms with E-state index in [9.17, 15) is 5.11 Å². The van der Waals surface area contributed by atoms with Crippen LogP contribution in [-0.4, -0.2) is 5.11 Å². The van der Waals surface area contributed by atoms with Gasteiger partial charge in [-0.25, -0.2) is 0 Å². The number of rotatable bonds is 4. The minimum absolute atomic E-state index is 0.585. The predicted octanol–water partition coefficient (Wildman–Crippen LogP) is 5.52. The van der Waals surface area contributed by atoms with Crippen molar-refractivity contribution in [3.8, 4) is 0 Å². The van der Waals surface area contributed by atoms with E-state index in [-0.39, 0.29) is 0 Å². The Balaban J connectivity index is 1.73. The summed E-state index contributed by atoms with van der Waals surface area (Å²) in [4.78, 5) is 3.29. The molecule has 0 fully saturated rings. The maximum absolute atomic E-state index is 10.5. The Hall–Kier alpha value is -1.68. The number of benzene rings is 3. The number of hydrogen-bond acceptors (Lipinski definition) is 3. The lowest BCUT2D eigenvalue weighted by molar-refractivity contribution is 0.220. The Bertz CT molecular complexity index is 762. The zero-order valence-corrected chi connectivity index (χ0v) is 14.5. The van der Waals surface area contributed by atoms with Gasteiger partial charge in [0, 0.05) is 14.7 Å². The Labute approximate surface area is 146 Å². The Morgan fingerprint density at radius 2 is 1.17 bits per heavy atom. The van der Waals surface area contributed by atoms with Crippen LogP contribution in [0.5, 0.6) is 0 Å². The molecule has 3 heteroatoms. The molecule has 0 amide bonds. The largest absolute Gasteiger partial charge is 0.384 e. The average molecular weight is 338 g/mol. The minimum atomic E-state index is -0.585. The molecular formula is C20H18OS2. The highest BCUT2D eigenvalue weighted by atomic mass is 32.2. The average Bonchev–Trinajstić information content (AvgIpc) is 2.58. The molecule has 0 bridgehead atoms. The van der Waals surface area contributed by atoms with Crippen LogP contribution in [0.15, 0.2) is 87.5 Å². The summed E-state index contributed by atoms with van der Waals surface area (Å²) in [7, 11) is 0. The van der Waals surface area contributed by atoms with Crippen LogP contribution in [0.25, 0.3) is 0 Å². The fourth-order valence-corrected chi connectivity index (χ4v) is 3.28. The molecule has 0 aliphatic heterocycles. The van der Waals surface area contributed by atoms with E-state index in [2.05, 4.69) is 24.8 Å². The number of aryl methyl sites for hydroxylation is 1. The third-order valence-electron chi connectivity index (χ3n) is 3.66. The first-order valence-electron chi connectivity index (χ1n) is 7.43. The molecule has 23 heavy (non-hydrogen) atoms. The van der Waals surface area contributed by atoms with Crippen LogP contribution in [-0.2, 0) is 0 Å². The van der Waals surface area contributed by atoms with Gasteiger partial charge in [-0.3, -0.25) is 0 Å². The lowest BCUT2D eigenvalue weighted by atomic mass is 10.0. The van der Waals surface area contributed by atoms with Gasteiger partial charge in [0.05, 0.1) is 0 Å². The number of hydrogen-bond donors (Lipinski definition) is 2. The molecule has 0 saturated heterocycles. The van der Waals surface area contributed by atoms with Gasteiger partial charge in [0.25, 0.3) is 0 Å². The molecule has 1 nitrogen and oxygen atoms in total. The van der Waals surface area contributed by atoms with E-state index in [1.807, 2.05) is 67.6 Å². The van der Waals surface area contributed by atoms with Crippen molar-refractivity contribution in [2.45, 2.75) is 27.7 Å². The molecule has 1 unspecified atom stereocenters. The van der Waals surface area contributed by atoms with Gasteiger partial charge in [-0.2, -0.15) is 0 Å². The first kappa shape index (κ1) is 16.2. The van der Waals surface area contributed by atoms with Crippen LogP contribution < -0.4 is 0 Å². The van der Waals surface area contributed by atoms with Crippen LogP contribution in [0.1, 0.15) is 22.8 Å².